The van der Waals surface area contributed by atoms with Crippen LogP contribution in [-0.2, 0) is 6.42 Å². The molecule has 10 heteroatoms. The molecule has 204 valence electrons. The van der Waals surface area contributed by atoms with Crippen LogP contribution in [0.25, 0.3) is 11.3 Å². The zero-order chi connectivity index (χ0) is 28.0. The van der Waals surface area contributed by atoms with Crippen LogP contribution in [0.15, 0.2) is 66.9 Å². The molecule has 40 heavy (non-hydrogen) atoms. The summed E-state index contributed by atoms with van der Waals surface area (Å²) in [5.74, 6) is -0.386. The molecular weight excluding hydrogens is 532 g/mol. The smallest absolute Gasteiger partial charge is 0.227 e. The number of benzene rings is 3. The number of para-hydroxylation sites is 1. The minimum absolute atomic E-state index is 0.119. The Morgan fingerprint density at radius 2 is 1.77 bits per heavy atom. The highest BCUT2D eigenvalue weighted by atomic mass is 35.5. The molecule has 0 spiro atoms. The molecule has 2 N–H and O–H groups in total. The van der Waals surface area contributed by atoms with Crippen molar-refractivity contribution >= 4 is 40.4 Å². The zero-order valence-corrected chi connectivity index (χ0v) is 22.9. The maximum Gasteiger partial charge on any atom is 0.227 e. The normalized spacial score (nSPS) is 14.8. The van der Waals surface area contributed by atoms with Crippen molar-refractivity contribution in [1.82, 2.24) is 19.8 Å². The zero-order valence-electron chi connectivity index (χ0n) is 22.1. The summed E-state index contributed by atoms with van der Waals surface area (Å²) < 4.78 is 29.6. The van der Waals surface area contributed by atoms with Crippen LogP contribution < -0.4 is 10.2 Å². The van der Waals surface area contributed by atoms with Gasteiger partial charge in [-0.25, -0.2) is 18.7 Å². The number of likely N-dealkylation sites (tertiary alicyclic amines) is 1. The molecule has 3 heterocycles. The quantitative estimate of drug-likeness (QED) is 0.228. The van der Waals surface area contributed by atoms with Crippen LogP contribution in [0.5, 0.6) is 0 Å². The molecule has 0 atom stereocenters. The van der Waals surface area contributed by atoms with E-state index >= 15 is 0 Å². The summed E-state index contributed by atoms with van der Waals surface area (Å²) in [5.41, 5.74) is 4.33. The number of aromatic nitrogens is 2. The highest BCUT2D eigenvalue weighted by Crippen LogP contribution is 2.42. The highest BCUT2D eigenvalue weighted by Gasteiger charge is 2.30. The maximum absolute atomic E-state index is 14.8. The summed E-state index contributed by atoms with van der Waals surface area (Å²) in [6.07, 6.45) is 2.23. The molecule has 2 aliphatic rings. The molecule has 1 saturated heterocycles. The molecule has 2 aliphatic heterocycles. The Labute approximate surface area is 236 Å². The molecule has 0 aliphatic carbocycles. The SMILES string of the molecule is CN(C)C1CN(C(=N)c2ccc(Nc3ncc4c(n3)-c3ccc(Cl)cc3N(c3c(F)cccc3F)CC4)cc2)C1. The molecule has 7 nitrogen and oxygen atoms in total. The van der Waals surface area contributed by atoms with Gasteiger partial charge in [0.25, 0.3) is 0 Å². The average molecular weight is 560 g/mol. The van der Waals surface area contributed by atoms with Crippen LogP contribution in [0, 0.1) is 17.0 Å². The van der Waals surface area contributed by atoms with Gasteiger partial charge in [-0.3, -0.25) is 5.41 Å². The summed E-state index contributed by atoms with van der Waals surface area (Å²) in [6, 6.07) is 17.2. The van der Waals surface area contributed by atoms with Gasteiger partial charge in [0.05, 0.1) is 11.4 Å². The Balaban J connectivity index is 1.27. The third kappa shape index (κ3) is 4.87. The Morgan fingerprint density at radius 1 is 1.05 bits per heavy atom. The van der Waals surface area contributed by atoms with Gasteiger partial charge in [-0.15, -0.1) is 0 Å². The van der Waals surface area contributed by atoms with Crippen molar-refractivity contribution in [2.45, 2.75) is 12.5 Å². The molecular formula is C30H28ClF2N7. The van der Waals surface area contributed by atoms with Crippen LogP contribution in [0.3, 0.4) is 0 Å². The minimum Gasteiger partial charge on any atom is -0.353 e. The minimum atomic E-state index is -0.645. The van der Waals surface area contributed by atoms with Crippen LogP contribution in [0.1, 0.15) is 11.1 Å². The fraction of sp³-hybridized carbons (Fsp3) is 0.233. The summed E-state index contributed by atoms with van der Waals surface area (Å²) in [5, 5.41) is 12.2. The molecule has 4 aromatic rings. The third-order valence-electron chi connectivity index (χ3n) is 7.51. The van der Waals surface area contributed by atoms with Gasteiger partial charge in [-0.2, -0.15) is 0 Å². The van der Waals surface area contributed by atoms with Crippen molar-refractivity contribution in [3.05, 3.63) is 94.6 Å². The van der Waals surface area contributed by atoms with Crippen molar-refractivity contribution in [2.24, 2.45) is 0 Å². The second kappa shape index (κ2) is 10.5. The Bertz CT molecular complexity index is 1570. The number of amidine groups is 1. The van der Waals surface area contributed by atoms with E-state index < -0.39 is 11.6 Å². The fourth-order valence-electron chi connectivity index (χ4n) is 5.13. The lowest BCUT2D eigenvalue weighted by Crippen LogP contribution is -2.59. The van der Waals surface area contributed by atoms with Gasteiger partial charge in [-0.05, 0) is 80.7 Å². The fourth-order valence-corrected chi connectivity index (χ4v) is 5.30. The molecule has 0 amide bonds. The number of halogens is 3. The number of likely N-dealkylation sites (N-methyl/N-ethyl adjacent to an activating group) is 1. The summed E-state index contributed by atoms with van der Waals surface area (Å²) in [6.45, 7) is 2.03. The first-order valence-electron chi connectivity index (χ1n) is 13.0. The number of fused-ring (bicyclic) bond motifs is 3. The summed E-state index contributed by atoms with van der Waals surface area (Å²) in [4.78, 5) is 15.2. The monoisotopic (exact) mass is 559 g/mol. The first-order chi connectivity index (χ1) is 19.3. The average Bonchev–Trinajstić information content (AvgIpc) is 3.04. The molecule has 3 aromatic carbocycles. The van der Waals surface area contributed by atoms with E-state index in [0.29, 0.717) is 52.8 Å². The number of anilines is 4. The van der Waals surface area contributed by atoms with Gasteiger partial charge in [0.2, 0.25) is 5.95 Å². The third-order valence-corrected chi connectivity index (χ3v) is 7.74. The second-order valence-electron chi connectivity index (χ2n) is 10.3. The van der Waals surface area contributed by atoms with E-state index in [9.17, 15) is 8.78 Å². The van der Waals surface area contributed by atoms with E-state index in [1.54, 1.807) is 23.2 Å². The molecule has 1 aromatic heterocycles. The molecule has 0 saturated carbocycles. The number of hydrogen-bond acceptors (Lipinski definition) is 6. The van der Waals surface area contributed by atoms with Gasteiger partial charge in [-0.1, -0.05) is 17.7 Å². The lowest BCUT2D eigenvalue weighted by Gasteiger charge is -2.44. The van der Waals surface area contributed by atoms with E-state index in [2.05, 4.69) is 34.2 Å². The largest absolute Gasteiger partial charge is 0.353 e. The predicted octanol–water partition coefficient (Wildman–Crippen LogP) is 6.08. The first kappa shape index (κ1) is 26.2. The number of nitrogens with one attached hydrogen (secondary N) is 2. The highest BCUT2D eigenvalue weighted by molar-refractivity contribution is 6.31. The van der Waals surface area contributed by atoms with Gasteiger partial charge in [0.15, 0.2) is 0 Å². The Kier molecular flexibility index (Phi) is 6.85. The van der Waals surface area contributed by atoms with Gasteiger partial charge in [0, 0.05) is 53.7 Å². The number of hydrogen-bond donors (Lipinski definition) is 2. The van der Waals surface area contributed by atoms with Crippen molar-refractivity contribution in [3.8, 4) is 11.3 Å². The van der Waals surface area contributed by atoms with E-state index in [0.717, 1.165) is 29.9 Å². The lowest BCUT2D eigenvalue weighted by molar-refractivity contribution is 0.124. The van der Waals surface area contributed by atoms with Crippen molar-refractivity contribution in [2.75, 3.05) is 43.9 Å². The van der Waals surface area contributed by atoms with Gasteiger partial charge < -0.3 is 20.0 Å². The Morgan fingerprint density at radius 3 is 2.48 bits per heavy atom. The van der Waals surface area contributed by atoms with Gasteiger partial charge >= 0.3 is 0 Å². The van der Waals surface area contributed by atoms with Crippen LogP contribution in [-0.4, -0.2) is 65.4 Å². The number of rotatable bonds is 5. The predicted molar refractivity (Wildman–Crippen MR) is 155 cm³/mol. The number of nitrogens with zero attached hydrogens (tertiary/aromatic N) is 5. The van der Waals surface area contributed by atoms with E-state index in [1.807, 2.05) is 30.3 Å². The van der Waals surface area contributed by atoms with E-state index in [1.165, 1.54) is 18.2 Å². The summed E-state index contributed by atoms with van der Waals surface area (Å²) >= 11 is 6.34. The topological polar surface area (TPSA) is 71.4 Å². The summed E-state index contributed by atoms with van der Waals surface area (Å²) in [7, 11) is 4.12. The molecule has 6 rings (SSSR count). The van der Waals surface area contributed by atoms with Crippen LogP contribution in [0.2, 0.25) is 5.02 Å². The first-order valence-corrected chi connectivity index (χ1v) is 13.4. The standard InChI is InChI=1S/C30H28ClF2N7/c1-38(2)22-16-39(17-22)29(34)18-6-9-21(10-7-18)36-30-35-15-19-12-13-40(28-24(32)4-3-5-25(28)33)26-14-20(31)8-11-23(26)27(19)37-30/h3-11,14-15,22,34H,12-13,16-17H2,1-2H3,(H,35,36,37). The maximum atomic E-state index is 14.8. The molecule has 0 bridgehead atoms. The van der Waals surface area contributed by atoms with E-state index in [4.69, 9.17) is 22.0 Å². The van der Waals surface area contributed by atoms with Crippen LogP contribution in [0.4, 0.5) is 31.8 Å². The lowest BCUT2D eigenvalue weighted by atomic mass is 10.0. The molecule has 0 unspecified atom stereocenters. The van der Waals surface area contributed by atoms with Crippen molar-refractivity contribution < 1.29 is 8.78 Å². The Hall–Kier alpha value is -4.08. The van der Waals surface area contributed by atoms with Crippen LogP contribution >= 0.6 is 11.6 Å². The van der Waals surface area contributed by atoms with Crippen molar-refractivity contribution in [1.29, 1.82) is 5.41 Å². The molecule has 1 fully saturated rings. The van der Waals surface area contributed by atoms with E-state index in [-0.39, 0.29) is 5.69 Å². The second-order valence-corrected chi connectivity index (χ2v) is 10.7. The molecule has 0 radical (unpaired) electrons. The van der Waals surface area contributed by atoms with Crippen molar-refractivity contribution in [3.63, 3.8) is 0 Å². The van der Waals surface area contributed by atoms with Gasteiger partial charge in [0.1, 0.15) is 23.2 Å².